The molecule has 0 radical (unpaired) electrons. The molecule has 1 aliphatic heterocycles. The van der Waals surface area contributed by atoms with E-state index in [4.69, 9.17) is 11.6 Å². The van der Waals surface area contributed by atoms with E-state index >= 15 is 0 Å². The zero-order valence-electron chi connectivity index (χ0n) is 8.37. The van der Waals surface area contributed by atoms with Gasteiger partial charge in [0.2, 0.25) is 5.91 Å². The Morgan fingerprint density at radius 3 is 2.75 bits per heavy atom. The van der Waals surface area contributed by atoms with E-state index in [1.165, 1.54) is 0 Å². The van der Waals surface area contributed by atoms with Crippen molar-refractivity contribution in [2.75, 3.05) is 11.4 Å². The first-order chi connectivity index (χ1) is 7.59. The van der Waals surface area contributed by atoms with Crippen molar-refractivity contribution in [3.63, 3.8) is 0 Å². The number of Topliss-reactive ketones (excluding diaryl/α,β-unsaturated/α-hetero) is 1. The molecule has 3 nitrogen and oxygen atoms in total. The van der Waals surface area contributed by atoms with Gasteiger partial charge in [0.05, 0.1) is 21.6 Å². The van der Waals surface area contributed by atoms with Gasteiger partial charge in [-0.3, -0.25) is 9.59 Å². The molecule has 84 valence electrons. The van der Waals surface area contributed by atoms with Crippen LogP contribution in [0.25, 0.3) is 0 Å². The summed E-state index contributed by atoms with van der Waals surface area (Å²) in [5, 5.41) is 0.558. The zero-order valence-corrected chi connectivity index (χ0v) is 10.7. The van der Waals surface area contributed by atoms with E-state index in [1.807, 2.05) is 6.07 Å². The standard InChI is InChI=1S/C11H9BrClNO2/c12-11-8(13)2-1-3-9(11)14-5-4-7(15)6-10(14)16/h1-3H,4-6H2. The summed E-state index contributed by atoms with van der Waals surface area (Å²) < 4.78 is 0.694. The van der Waals surface area contributed by atoms with Crippen molar-refractivity contribution in [2.24, 2.45) is 0 Å². The average molecular weight is 303 g/mol. The van der Waals surface area contributed by atoms with Crippen molar-refractivity contribution in [1.82, 2.24) is 0 Å². The maximum atomic E-state index is 11.7. The Morgan fingerprint density at radius 2 is 2.06 bits per heavy atom. The van der Waals surface area contributed by atoms with Gasteiger partial charge in [-0.25, -0.2) is 0 Å². The molecule has 0 aromatic heterocycles. The summed E-state index contributed by atoms with van der Waals surface area (Å²) in [4.78, 5) is 24.4. The number of amides is 1. The highest BCUT2D eigenvalue weighted by Gasteiger charge is 2.26. The fourth-order valence-corrected chi connectivity index (χ4v) is 2.32. The molecule has 1 saturated heterocycles. The Morgan fingerprint density at radius 1 is 1.31 bits per heavy atom. The summed E-state index contributed by atoms with van der Waals surface area (Å²) in [5.41, 5.74) is 0.727. The van der Waals surface area contributed by atoms with Gasteiger partial charge in [-0.15, -0.1) is 0 Å². The molecule has 0 spiro atoms. The number of nitrogens with zero attached hydrogens (tertiary/aromatic N) is 1. The summed E-state index contributed by atoms with van der Waals surface area (Å²) in [5.74, 6) is -0.168. The van der Waals surface area contributed by atoms with Gasteiger partial charge in [0, 0.05) is 13.0 Å². The van der Waals surface area contributed by atoms with Crippen LogP contribution in [-0.2, 0) is 9.59 Å². The molecule has 0 bridgehead atoms. The van der Waals surface area contributed by atoms with Crippen LogP contribution < -0.4 is 4.90 Å². The lowest BCUT2D eigenvalue weighted by atomic mass is 10.1. The number of hydrogen-bond donors (Lipinski definition) is 0. The molecule has 0 N–H and O–H groups in total. The predicted molar refractivity (Wildman–Crippen MR) is 65.7 cm³/mol. The van der Waals surface area contributed by atoms with Gasteiger partial charge in [-0.05, 0) is 28.1 Å². The zero-order chi connectivity index (χ0) is 11.7. The van der Waals surface area contributed by atoms with Gasteiger partial charge in [0.25, 0.3) is 0 Å². The van der Waals surface area contributed by atoms with Crippen LogP contribution in [0.2, 0.25) is 5.02 Å². The molecule has 2 rings (SSSR count). The number of halogens is 2. The van der Waals surface area contributed by atoms with Crippen molar-refractivity contribution < 1.29 is 9.59 Å². The fraction of sp³-hybridized carbons (Fsp3) is 0.273. The molecule has 1 heterocycles. The summed E-state index contributed by atoms with van der Waals surface area (Å²) >= 11 is 9.31. The molecule has 0 unspecified atom stereocenters. The van der Waals surface area contributed by atoms with Crippen LogP contribution in [0.5, 0.6) is 0 Å². The second kappa shape index (κ2) is 4.55. The Kier molecular flexibility index (Phi) is 3.30. The van der Waals surface area contributed by atoms with Gasteiger partial charge in [0.15, 0.2) is 0 Å². The van der Waals surface area contributed by atoms with Gasteiger partial charge in [0.1, 0.15) is 5.78 Å². The molecule has 5 heteroatoms. The minimum Gasteiger partial charge on any atom is -0.310 e. The lowest BCUT2D eigenvalue weighted by Crippen LogP contribution is -2.39. The molecule has 1 aromatic rings. The molecule has 0 aliphatic carbocycles. The van der Waals surface area contributed by atoms with E-state index in [9.17, 15) is 9.59 Å². The number of ketones is 1. The van der Waals surface area contributed by atoms with E-state index < -0.39 is 0 Å². The smallest absolute Gasteiger partial charge is 0.234 e. The van der Waals surface area contributed by atoms with E-state index in [-0.39, 0.29) is 18.1 Å². The van der Waals surface area contributed by atoms with Crippen LogP contribution in [0.15, 0.2) is 22.7 Å². The Labute approximate surface area is 107 Å². The first kappa shape index (κ1) is 11.6. The first-order valence-corrected chi connectivity index (χ1v) is 6.03. The monoisotopic (exact) mass is 301 g/mol. The topological polar surface area (TPSA) is 37.4 Å². The van der Waals surface area contributed by atoms with Crippen molar-refractivity contribution in [3.05, 3.63) is 27.7 Å². The maximum absolute atomic E-state index is 11.7. The highest BCUT2D eigenvalue weighted by Crippen LogP contribution is 2.34. The van der Waals surface area contributed by atoms with Crippen LogP contribution in [-0.4, -0.2) is 18.2 Å². The van der Waals surface area contributed by atoms with E-state index in [0.29, 0.717) is 22.5 Å². The van der Waals surface area contributed by atoms with E-state index in [1.54, 1.807) is 17.0 Å². The number of piperidine rings is 1. The maximum Gasteiger partial charge on any atom is 0.234 e. The molecule has 1 amide bonds. The number of anilines is 1. The highest BCUT2D eigenvalue weighted by molar-refractivity contribution is 9.10. The van der Waals surface area contributed by atoms with Gasteiger partial charge >= 0.3 is 0 Å². The van der Waals surface area contributed by atoms with Crippen molar-refractivity contribution in [3.8, 4) is 0 Å². The van der Waals surface area contributed by atoms with Crippen LogP contribution in [0.1, 0.15) is 12.8 Å². The van der Waals surface area contributed by atoms with Crippen molar-refractivity contribution in [1.29, 1.82) is 0 Å². The third kappa shape index (κ3) is 2.13. The Bertz CT molecular complexity index is 461. The molecule has 0 atom stereocenters. The molecular weight excluding hydrogens is 293 g/mol. The Balaban J connectivity index is 2.34. The predicted octanol–water partition coefficient (Wildman–Crippen LogP) is 2.80. The number of rotatable bonds is 1. The minimum atomic E-state index is -0.167. The lowest BCUT2D eigenvalue weighted by Gasteiger charge is -2.27. The summed E-state index contributed by atoms with van der Waals surface area (Å²) in [6, 6.07) is 5.34. The third-order valence-electron chi connectivity index (χ3n) is 2.49. The normalized spacial score (nSPS) is 16.8. The SMILES string of the molecule is O=C1CCN(c2cccc(Cl)c2Br)C(=O)C1. The highest BCUT2D eigenvalue weighted by atomic mass is 79.9. The van der Waals surface area contributed by atoms with Crippen molar-refractivity contribution in [2.45, 2.75) is 12.8 Å². The molecule has 1 aromatic carbocycles. The lowest BCUT2D eigenvalue weighted by molar-refractivity contribution is -0.128. The van der Waals surface area contributed by atoms with Gasteiger partial charge in [-0.1, -0.05) is 17.7 Å². The largest absolute Gasteiger partial charge is 0.310 e. The number of carbonyl (C=O) groups is 2. The van der Waals surface area contributed by atoms with Crippen LogP contribution in [0, 0.1) is 0 Å². The van der Waals surface area contributed by atoms with E-state index in [2.05, 4.69) is 15.9 Å². The van der Waals surface area contributed by atoms with Crippen LogP contribution >= 0.6 is 27.5 Å². The second-order valence-electron chi connectivity index (χ2n) is 3.58. The van der Waals surface area contributed by atoms with Crippen LogP contribution in [0.4, 0.5) is 5.69 Å². The van der Waals surface area contributed by atoms with E-state index in [0.717, 1.165) is 5.69 Å². The molecule has 16 heavy (non-hydrogen) atoms. The molecular formula is C11H9BrClNO2. The number of benzene rings is 1. The Hall–Kier alpha value is -0.870. The summed E-state index contributed by atoms with van der Waals surface area (Å²) in [7, 11) is 0. The second-order valence-corrected chi connectivity index (χ2v) is 4.78. The molecule has 0 saturated carbocycles. The molecule has 1 fully saturated rings. The van der Waals surface area contributed by atoms with Gasteiger partial charge < -0.3 is 4.90 Å². The minimum absolute atomic E-state index is 0.000555. The van der Waals surface area contributed by atoms with Crippen molar-refractivity contribution >= 4 is 44.9 Å². The average Bonchev–Trinajstić information content (AvgIpc) is 2.23. The fourth-order valence-electron chi connectivity index (χ4n) is 1.67. The molecule has 1 aliphatic rings. The van der Waals surface area contributed by atoms with Crippen LogP contribution in [0.3, 0.4) is 0 Å². The number of hydrogen-bond acceptors (Lipinski definition) is 2. The van der Waals surface area contributed by atoms with Gasteiger partial charge in [-0.2, -0.15) is 0 Å². The first-order valence-electron chi connectivity index (χ1n) is 4.85. The summed E-state index contributed by atoms with van der Waals surface area (Å²) in [6.45, 7) is 0.427. The third-order valence-corrected chi connectivity index (χ3v) is 3.86. The summed E-state index contributed by atoms with van der Waals surface area (Å²) in [6.07, 6.45) is 0.393. The number of carbonyl (C=O) groups excluding carboxylic acids is 2. The quantitative estimate of drug-likeness (QED) is 0.748.